The smallest absolute Gasteiger partial charge is 0.295 e. The molecule has 0 saturated carbocycles. The first-order valence-corrected chi connectivity index (χ1v) is 11.1. The fourth-order valence-electron chi connectivity index (χ4n) is 4.00. The Hall–Kier alpha value is -3.19. The van der Waals surface area contributed by atoms with Gasteiger partial charge >= 0.3 is 0 Å². The minimum atomic E-state index is -0.792. The Morgan fingerprint density at radius 3 is 2.39 bits per heavy atom. The van der Waals surface area contributed by atoms with E-state index in [1.807, 2.05) is 39.8 Å². The van der Waals surface area contributed by atoms with Crippen LogP contribution >= 0.6 is 0 Å². The van der Waals surface area contributed by atoms with Crippen molar-refractivity contribution >= 4 is 17.4 Å². The van der Waals surface area contributed by atoms with Gasteiger partial charge in [-0.1, -0.05) is 12.1 Å². The van der Waals surface area contributed by atoms with Crippen LogP contribution in [0.3, 0.4) is 0 Å². The quantitative estimate of drug-likeness (QED) is 0.366. The number of halogens is 1. The highest BCUT2D eigenvalue weighted by Crippen LogP contribution is 2.40. The number of hydrogen-bond acceptors (Lipinski definition) is 5. The molecule has 0 radical (unpaired) electrons. The number of likely N-dealkylation sites (tertiary alicyclic amines) is 1. The van der Waals surface area contributed by atoms with Crippen LogP contribution in [0.25, 0.3) is 5.76 Å². The average Bonchev–Trinajstić information content (AvgIpc) is 2.99. The first kappa shape index (κ1) is 24.5. The van der Waals surface area contributed by atoms with E-state index in [1.54, 1.807) is 30.3 Å². The molecule has 1 heterocycles. The maximum Gasteiger partial charge on any atom is 0.295 e. The van der Waals surface area contributed by atoms with Crippen molar-refractivity contribution in [3.8, 4) is 5.75 Å². The number of Topliss-reactive ketones (excluding diaryl/α,β-unsaturated/α-hetero) is 1. The Morgan fingerprint density at radius 1 is 1.15 bits per heavy atom. The van der Waals surface area contributed by atoms with Gasteiger partial charge in [0.1, 0.15) is 17.3 Å². The van der Waals surface area contributed by atoms with E-state index in [-0.39, 0.29) is 17.4 Å². The van der Waals surface area contributed by atoms with E-state index in [0.29, 0.717) is 29.8 Å². The molecule has 1 atom stereocenters. The molecule has 33 heavy (non-hydrogen) atoms. The van der Waals surface area contributed by atoms with Crippen LogP contribution in [0.5, 0.6) is 5.75 Å². The van der Waals surface area contributed by atoms with Gasteiger partial charge in [-0.25, -0.2) is 4.39 Å². The summed E-state index contributed by atoms with van der Waals surface area (Å²) in [4.78, 5) is 29.5. The Morgan fingerprint density at radius 2 is 1.82 bits per heavy atom. The van der Waals surface area contributed by atoms with Crippen LogP contribution in [-0.4, -0.2) is 59.9 Å². The van der Waals surface area contributed by atoms with Gasteiger partial charge in [0.05, 0.1) is 17.7 Å². The van der Waals surface area contributed by atoms with Gasteiger partial charge in [0.15, 0.2) is 0 Å². The Labute approximate surface area is 194 Å². The molecule has 1 aliphatic rings. The zero-order valence-electron chi connectivity index (χ0n) is 19.8. The topological polar surface area (TPSA) is 70.1 Å². The van der Waals surface area contributed by atoms with Gasteiger partial charge in [-0.05, 0) is 89.3 Å². The van der Waals surface area contributed by atoms with Gasteiger partial charge in [0.2, 0.25) is 0 Å². The Kier molecular flexibility index (Phi) is 7.53. The second-order valence-electron chi connectivity index (χ2n) is 8.85. The number of ether oxygens (including phenoxy) is 1. The highest BCUT2D eigenvalue weighted by molar-refractivity contribution is 6.46. The van der Waals surface area contributed by atoms with Crippen molar-refractivity contribution in [2.24, 2.45) is 0 Å². The van der Waals surface area contributed by atoms with E-state index < -0.39 is 23.5 Å². The molecule has 6 nitrogen and oxygen atoms in total. The van der Waals surface area contributed by atoms with Crippen molar-refractivity contribution in [1.29, 1.82) is 0 Å². The van der Waals surface area contributed by atoms with Crippen molar-refractivity contribution in [2.75, 3.05) is 27.2 Å². The summed E-state index contributed by atoms with van der Waals surface area (Å²) < 4.78 is 19.3. The largest absolute Gasteiger partial charge is 0.507 e. The number of carbonyl (C=O) groups excluding carboxylic acids is 2. The number of benzene rings is 2. The molecule has 0 spiro atoms. The summed E-state index contributed by atoms with van der Waals surface area (Å²) in [5.74, 6) is -1.40. The third kappa shape index (κ3) is 5.42. The summed E-state index contributed by atoms with van der Waals surface area (Å²) in [6.45, 7) is 6.77. The van der Waals surface area contributed by atoms with Gasteiger partial charge in [0, 0.05) is 12.1 Å². The molecule has 3 rings (SSSR count). The lowest BCUT2D eigenvalue weighted by atomic mass is 9.94. The van der Waals surface area contributed by atoms with Crippen LogP contribution in [-0.2, 0) is 9.59 Å². The molecular weight excluding hydrogens is 423 g/mol. The fourth-order valence-corrected chi connectivity index (χ4v) is 4.00. The second-order valence-corrected chi connectivity index (χ2v) is 8.85. The minimum absolute atomic E-state index is 0.00545. The molecule has 1 fully saturated rings. The average molecular weight is 455 g/mol. The van der Waals surface area contributed by atoms with Crippen molar-refractivity contribution in [3.63, 3.8) is 0 Å². The van der Waals surface area contributed by atoms with Gasteiger partial charge < -0.3 is 19.6 Å². The third-order valence-corrected chi connectivity index (χ3v) is 5.54. The molecule has 0 bridgehead atoms. The zero-order valence-corrected chi connectivity index (χ0v) is 19.8. The number of carbonyl (C=O) groups is 2. The van der Waals surface area contributed by atoms with Gasteiger partial charge in [-0.3, -0.25) is 9.59 Å². The molecule has 0 aliphatic carbocycles. The lowest BCUT2D eigenvalue weighted by molar-refractivity contribution is -0.139. The van der Waals surface area contributed by atoms with E-state index in [1.165, 1.54) is 17.0 Å². The molecule has 1 N–H and O–H groups in total. The predicted molar refractivity (Wildman–Crippen MR) is 126 cm³/mol. The molecule has 1 aliphatic heterocycles. The molecule has 2 aromatic carbocycles. The normalized spacial score (nSPS) is 17.9. The third-order valence-electron chi connectivity index (χ3n) is 5.54. The Balaban J connectivity index is 2.07. The van der Waals surface area contributed by atoms with E-state index in [9.17, 15) is 19.1 Å². The van der Waals surface area contributed by atoms with Crippen molar-refractivity contribution in [2.45, 2.75) is 39.3 Å². The molecule has 176 valence electrons. The summed E-state index contributed by atoms with van der Waals surface area (Å²) in [7, 11) is 3.86. The number of aliphatic hydroxyl groups is 1. The SMILES string of the molecule is Cc1cc(/C(O)=C2\C(=O)C(=O)N(CCCN(C)C)C2c2ccc(F)cc2)ccc1OC(C)C. The zero-order chi connectivity index (χ0) is 24.3. The first-order chi connectivity index (χ1) is 15.6. The monoisotopic (exact) mass is 454 g/mol. The Bertz CT molecular complexity index is 1060. The molecule has 7 heteroatoms. The lowest BCUT2D eigenvalue weighted by Crippen LogP contribution is -2.32. The van der Waals surface area contributed by atoms with Crippen molar-refractivity contribution < 1.29 is 23.8 Å². The van der Waals surface area contributed by atoms with Crippen molar-refractivity contribution in [3.05, 3.63) is 70.5 Å². The fraction of sp³-hybridized carbons (Fsp3) is 0.385. The number of aliphatic hydroxyl groups excluding tert-OH is 1. The van der Waals surface area contributed by atoms with Gasteiger partial charge in [-0.2, -0.15) is 0 Å². The van der Waals surface area contributed by atoms with Gasteiger partial charge in [0.25, 0.3) is 11.7 Å². The number of aryl methyl sites for hydroxylation is 1. The molecule has 1 amide bonds. The lowest BCUT2D eigenvalue weighted by Gasteiger charge is -2.26. The van der Waals surface area contributed by atoms with E-state index in [2.05, 4.69) is 0 Å². The van der Waals surface area contributed by atoms with Crippen LogP contribution in [0.4, 0.5) is 4.39 Å². The molecule has 1 saturated heterocycles. The molecule has 1 unspecified atom stereocenters. The van der Waals surface area contributed by atoms with Crippen molar-refractivity contribution in [1.82, 2.24) is 9.80 Å². The molecule has 0 aromatic heterocycles. The molecular formula is C26H31FN2O4. The van der Waals surface area contributed by atoms with E-state index in [4.69, 9.17) is 4.74 Å². The predicted octanol–water partition coefficient (Wildman–Crippen LogP) is 4.29. The van der Waals surface area contributed by atoms with Crippen LogP contribution in [0.15, 0.2) is 48.0 Å². The highest BCUT2D eigenvalue weighted by Gasteiger charge is 2.45. The summed E-state index contributed by atoms with van der Waals surface area (Å²) in [6, 6.07) is 10.0. The summed E-state index contributed by atoms with van der Waals surface area (Å²) >= 11 is 0. The number of amides is 1. The highest BCUT2D eigenvalue weighted by atomic mass is 19.1. The standard InChI is InChI=1S/C26H31FN2O4/c1-16(2)33-21-12-9-19(15-17(21)3)24(30)22-23(18-7-10-20(27)11-8-18)29(26(32)25(22)31)14-6-13-28(4)5/h7-12,15-16,23,30H,6,13-14H2,1-5H3/b24-22+. The van der Waals surface area contributed by atoms with Crippen LogP contribution in [0.1, 0.15) is 43.0 Å². The summed E-state index contributed by atoms with van der Waals surface area (Å²) in [5, 5.41) is 11.2. The summed E-state index contributed by atoms with van der Waals surface area (Å²) in [5.41, 5.74) is 1.79. The number of ketones is 1. The van der Waals surface area contributed by atoms with Crippen LogP contribution in [0, 0.1) is 12.7 Å². The van der Waals surface area contributed by atoms with Gasteiger partial charge in [-0.15, -0.1) is 0 Å². The number of nitrogens with zero attached hydrogens (tertiary/aromatic N) is 2. The first-order valence-electron chi connectivity index (χ1n) is 11.1. The van der Waals surface area contributed by atoms with Crippen LogP contribution < -0.4 is 4.74 Å². The number of hydrogen-bond donors (Lipinski definition) is 1. The molecule has 2 aromatic rings. The second kappa shape index (κ2) is 10.2. The minimum Gasteiger partial charge on any atom is -0.507 e. The summed E-state index contributed by atoms with van der Waals surface area (Å²) in [6.07, 6.45) is 0.645. The van der Waals surface area contributed by atoms with Crippen LogP contribution in [0.2, 0.25) is 0 Å². The number of rotatable bonds is 8. The maximum atomic E-state index is 13.6. The van der Waals surface area contributed by atoms with E-state index >= 15 is 0 Å². The van der Waals surface area contributed by atoms with E-state index in [0.717, 1.165) is 12.1 Å². The maximum absolute atomic E-state index is 13.6.